The first-order valence-corrected chi connectivity index (χ1v) is 6.76. The molecule has 0 bridgehead atoms. The van der Waals surface area contributed by atoms with Crippen molar-refractivity contribution in [1.82, 2.24) is 19.7 Å². The zero-order valence-corrected chi connectivity index (χ0v) is 12.0. The lowest BCUT2D eigenvalue weighted by atomic mass is 10.1. The van der Waals surface area contributed by atoms with Crippen LogP contribution in [0, 0.1) is 4.77 Å². The average molecular weight is 278 g/mol. The van der Waals surface area contributed by atoms with Crippen LogP contribution in [0.1, 0.15) is 25.8 Å². The molecule has 0 aromatic carbocycles. The summed E-state index contributed by atoms with van der Waals surface area (Å²) in [5.74, 6) is 0.765. The molecule has 2 rings (SSSR count). The zero-order valence-electron chi connectivity index (χ0n) is 11.2. The summed E-state index contributed by atoms with van der Waals surface area (Å²) in [6.45, 7) is 2.76. The minimum Gasteiger partial charge on any atom is -0.383 e. The molecule has 0 fully saturated rings. The first kappa shape index (κ1) is 13.9. The molecule has 5 nitrogen and oxygen atoms in total. The number of ether oxygens (including phenoxy) is 1. The summed E-state index contributed by atoms with van der Waals surface area (Å²) in [6, 6.07) is 5.93. The van der Waals surface area contributed by atoms with Crippen LogP contribution in [0.25, 0.3) is 11.5 Å². The largest absolute Gasteiger partial charge is 0.383 e. The van der Waals surface area contributed by atoms with Crippen LogP contribution in [0.15, 0.2) is 24.4 Å². The molecule has 0 aliphatic carbocycles. The first-order valence-electron chi connectivity index (χ1n) is 6.35. The van der Waals surface area contributed by atoms with Gasteiger partial charge in [-0.2, -0.15) is 5.10 Å². The van der Waals surface area contributed by atoms with Crippen LogP contribution in [0.3, 0.4) is 0 Å². The van der Waals surface area contributed by atoms with Gasteiger partial charge < -0.3 is 4.74 Å². The van der Waals surface area contributed by atoms with Crippen molar-refractivity contribution < 1.29 is 4.74 Å². The van der Waals surface area contributed by atoms with Crippen molar-refractivity contribution in [3.05, 3.63) is 29.2 Å². The Morgan fingerprint density at radius 2 is 2.32 bits per heavy atom. The van der Waals surface area contributed by atoms with Crippen LogP contribution in [0.4, 0.5) is 0 Å². The van der Waals surface area contributed by atoms with E-state index in [1.54, 1.807) is 13.3 Å². The van der Waals surface area contributed by atoms with E-state index in [-0.39, 0.29) is 6.04 Å². The molecule has 0 saturated heterocycles. The van der Waals surface area contributed by atoms with E-state index in [4.69, 9.17) is 17.0 Å². The lowest BCUT2D eigenvalue weighted by molar-refractivity contribution is 0.150. The molecule has 0 radical (unpaired) electrons. The molecule has 0 amide bonds. The summed E-state index contributed by atoms with van der Waals surface area (Å²) in [6.07, 6.45) is 3.80. The number of aromatic nitrogens is 4. The van der Waals surface area contributed by atoms with Gasteiger partial charge in [-0.05, 0) is 30.8 Å². The van der Waals surface area contributed by atoms with E-state index >= 15 is 0 Å². The predicted molar refractivity (Wildman–Crippen MR) is 76.5 cm³/mol. The second kappa shape index (κ2) is 6.58. The second-order valence-corrected chi connectivity index (χ2v) is 4.72. The molecule has 2 heterocycles. The van der Waals surface area contributed by atoms with E-state index < -0.39 is 0 Å². The third-order valence-corrected chi connectivity index (χ3v) is 3.23. The number of nitrogens with zero attached hydrogens (tertiary/aromatic N) is 3. The monoisotopic (exact) mass is 278 g/mol. The van der Waals surface area contributed by atoms with Crippen LogP contribution in [0.2, 0.25) is 0 Å². The molecule has 0 aliphatic heterocycles. The zero-order chi connectivity index (χ0) is 13.7. The van der Waals surface area contributed by atoms with Crippen LogP contribution in [-0.2, 0) is 4.74 Å². The van der Waals surface area contributed by atoms with Gasteiger partial charge in [0.25, 0.3) is 0 Å². The average Bonchev–Trinajstić information content (AvgIpc) is 2.81. The summed E-state index contributed by atoms with van der Waals surface area (Å²) in [4.78, 5) is 4.34. The van der Waals surface area contributed by atoms with Crippen molar-refractivity contribution in [2.24, 2.45) is 0 Å². The highest BCUT2D eigenvalue weighted by Crippen LogP contribution is 2.22. The van der Waals surface area contributed by atoms with Crippen molar-refractivity contribution in [2.75, 3.05) is 13.7 Å². The molecule has 2 aromatic heterocycles. The van der Waals surface area contributed by atoms with Gasteiger partial charge in [-0.1, -0.05) is 19.4 Å². The van der Waals surface area contributed by atoms with Crippen LogP contribution < -0.4 is 0 Å². The van der Waals surface area contributed by atoms with E-state index in [1.807, 2.05) is 22.8 Å². The summed E-state index contributed by atoms with van der Waals surface area (Å²) >= 11 is 5.34. The first-order chi connectivity index (χ1) is 9.27. The van der Waals surface area contributed by atoms with Crippen molar-refractivity contribution in [1.29, 1.82) is 0 Å². The topological polar surface area (TPSA) is 55.7 Å². The maximum absolute atomic E-state index is 5.34. The van der Waals surface area contributed by atoms with Gasteiger partial charge in [-0.3, -0.25) is 14.6 Å². The standard InChI is InChI=1S/C13H18N4OS/c1-3-6-10(9-18-2)17-12(15-16-13(17)19)11-7-4-5-8-14-11/h4-5,7-8,10H,3,6,9H2,1-2H3,(H,16,19). The fourth-order valence-electron chi connectivity index (χ4n) is 2.13. The van der Waals surface area contributed by atoms with Gasteiger partial charge in [0.05, 0.1) is 12.6 Å². The van der Waals surface area contributed by atoms with Crippen LogP contribution in [0.5, 0.6) is 0 Å². The second-order valence-electron chi connectivity index (χ2n) is 4.34. The van der Waals surface area contributed by atoms with Gasteiger partial charge >= 0.3 is 0 Å². The molecule has 0 spiro atoms. The number of hydrogen-bond acceptors (Lipinski definition) is 4. The van der Waals surface area contributed by atoms with Crippen LogP contribution in [-0.4, -0.2) is 33.5 Å². The molecule has 1 N–H and O–H groups in total. The van der Waals surface area contributed by atoms with Crippen LogP contribution >= 0.6 is 12.2 Å². The minimum absolute atomic E-state index is 0.179. The highest BCUT2D eigenvalue weighted by Gasteiger charge is 2.18. The van der Waals surface area contributed by atoms with E-state index in [1.165, 1.54) is 0 Å². The summed E-state index contributed by atoms with van der Waals surface area (Å²) in [7, 11) is 1.70. The Morgan fingerprint density at radius 1 is 1.47 bits per heavy atom. The Hall–Kier alpha value is -1.53. The SMILES string of the molecule is CCCC(COC)n1c(-c2ccccn2)n[nH]c1=S. The Bertz CT molecular complexity index is 558. The predicted octanol–water partition coefficient (Wildman–Crippen LogP) is 2.99. The molecular weight excluding hydrogens is 260 g/mol. The number of hydrogen-bond donors (Lipinski definition) is 1. The minimum atomic E-state index is 0.179. The molecule has 102 valence electrons. The summed E-state index contributed by atoms with van der Waals surface area (Å²) in [5.41, 5.74) is 0.812. The number of methoxy groups -OCH3 is 1. The van der Waals surface area contributed by atoms with Gasteiger partial charge in [0.1, 0.15) is 5.69 Å². The Morgan fingerprint density at radius 3 is 2.95 bits per heavy atom. The lowest BCUT2D eigenvalue weighted by Gasteiger charge is -2.18. The maximum Gasteiger partial charge on any atom is 0.195 e. The Labute approximate surface area is 117 Å². The molecule has 0 aliphatic rings. The van der Waals surface area contributed by atoms with Gasteiger partial charge in [0.2, 0.25) is 0 Å². The van der Waals surface area contributed by atoms with Crippen molar-refractivity contribution in [3.8, 4) is 11.5 Å². The highest BCUT2D eigenvalue weighted by atomic mass is 32.1. The molecule has 19 heavy (non-hydrogen) atoms. The number of aromatic amines is 1. The molecule has 1 unspecified atom stereocenters. The molecule has 6 heteroatoms. The number of rotatable bonds is 6. The summed E-state index contributed by atoms with van der Waals surface area (Å²) < 4.78 is 7.91. The van der Waals surface area contributed by atoms with Crippen molar-refractivity contribution in [3.63, 3.8) is 0 Å². The number of H-pyrrole nitrogens is 1. The number of nitrogens with one attached hydrogen (secondary N) is 1. The quantitative estimate of drug-likeness (QED) is 0.825. The smallest absolute Gasteiger partial charge is 0.195 e. The highest BCUT2D eigenvalue weighted by molar-refractivity contribution is 7.71. The van der Waals surface area contributed by atoms with Gasteiger partial charge in [0.15, 0.2) is 10.6 Å². The van der Waals surface area contributed by atoms with E-state index in [0.29, 0.717) is 11.4 Å². The molecule has 0 saturated carbocycles. The summed E-state index contributed by atoms with van der Waals surface area (Å²) in [5, 5.41) is 7.15. The lowest BCUT2D eigenvalue weighted by Crippen LogP contribution is -2.16. The third-order valence-electron chi connectivity index (χ3n) is 2.94. The Balaban J connectivity index is 2.44. The van der Waals surface area contributed by atoms with E-state index in [9.17, 15) is 0 Å². The number of pyridine rings is 1. The van der Waals surface area contributed by atoms with Gasteiger partial charge in [-0.25, -0.2) is 0 Å². The Kier molecular flexibility index (Phi) is 4.81. The maximum atomic E-state index is 5.34. The fourth-order valence-corrected chi connectivity index (χ4v) is 2.41. The molecule has 1 atom stereocenters. The van der Waals surface area contributed by atoms with Gasteiger partial charge in [-0.15, -0.1) is 0 Å². The normalized spacial score (nSPS) is 12.5. The molecule has 2 aromatic rings. The third kappa shape index (κ3) is 3.08. The van der Waals surface area contributed by atoms with Crippen molar-refractivity contribution >= 4 is 12.2 Å². The van der Waals surface area contributed by atoms with Crippen molar-refractivity contribution in [2.45, 2.75) is 25.8 Å². The van der Waals surface area contributed by atoms with E-state index in [0.717, 1.165) is 24.4 Å². The van der Waals surface area contributed by atoms with Gasteiger partial charge in [0, 0.05) is 13.3 Å². The van der Waals surface area contributed by atoms with E-state index in [2.05, 4.69) is 22.1 Å². The molecular formula is C13H18N4OS. The fraction of sp³-hybridized carbons (Fsp3) is 0.462.